The maximum absolute atomic E-state index is 13.0. The van der Waals surface area contributed by atoms with Crippen molar-refractivity contribution in [3.63, 3.8) is 0 Å². The van der Waals surface area contributed by atoms with E-state index >= 15 is 0 Å². The highest BCUT2D eigenvalue weighted by Crippen LogP contribution is 2.20. The van der Waals surface area contributed by atoms with Crippen LogP contribution in [-0.2, 0) is 9.53 Å². The lowest BCUT2D eigenvalue weighted by atomic mass is 10.00. The van der Waals surface area contributed by atoms with Crippen molar-refractivity contribution >= 4 is 11.9 Å². The number of carbonyl (C=O) groups is 2. The van der Waals surface area contributed by atoms with Crippen LogP contribution in [0.25, 0.3) is 0 Å². The second kappa shape index (κ2) is 7.92. The first kappa shape index (κ1) is 18.1. The summed E-state index contributed by atoms with van der Waals surface area (Å²) in [5.74, 6) is -0.220. The van der Waals surface area contributed by atoms with Crippen LogP contribution in [-0.4, -0.2) is 17.5 Å². The van der Waals surface area contributed by atoms with Crippen molar-refractivity contribution in [1.29, 1.82) is 0 Å². The molecule has 1 aromatic carbocycles. The van der Waals surface area contributed by atoms with Gasteiger partial charge in [-0.15, -0.1) is 0 Å². The third-order valence-corrected chi connectivity index (χ3v) is 3.07. The smallest absolute Gasteiger partial charge is 0.408 e. The topological polar surface area (TPSA) is 55.4 Å². The molecule has 5 heteroatoms. The van der Waals surface area contributed by atoms with Gasteiger partial charge in [0, 0.05) is 12.8 Å². The third-order valence-electron chi connectivity index (χ3n) is 3.07. The highest BCUT2D eigenvalue weighted by molar-refractivity contribution is 5.78. The van der Waals surface area contributed by atoms with E-state index in [4.69, 9.17) is 4.74 Å². The number of ketones is 1. The fraction of sp³-hybridized carbons (Fsp3) is 0.529. The van der Waals surface area contributed by atoms with Crippen LogP contribution < -0.4 is 5.32 Å². The minimum absolute atomic E-state index is 0.123. The lowest BCUT2D eigenvalue weighted by molar-refractivity contribution is -0.119. The molecule has 0 radical (unpaired) electrons. The minimum Gasteiger partial charge on any atom is -0.444 e. The zero-order chi connectivity index (χ0) is 16.8. The summed E-state index contributed by atoms with van der Waals surface area (Å²) < 4.78 is 18.3. The molecule has 0 aliphatic rings. The van der Waals surface area contributed by atoms with Gasteiger partial charge in [0.05, 0.1) is 6.04 Å². The number of rotatable bonds is 6. The number of hydrogen-bond acceptors (Lipinski definition) is 3. The van der Waals surface area contributed by atoms with Crippen molar-refractivity contribution in [3.05, 3.63) is 35.6 Å². The SMILES string of the molecule is CCC(=O)CC[C@@H](NC(=O)OC(C)(C)C)c1ccc(F)cc1. The lowest BCUT2D eigenvalue weighted by Gasteiger charge is -2.24. The zero-order valence-electron chi connectivity index (χ0n) is 13.6. The number of nitrogens with one attached hydrogen (secondary N) is 1. The molecule has 1 N–H and O–H groups in total. The van der Waals surface area contributed by atoms with Gasteiger partial charge in [-0.1, -0.05) is 19.1 Å². The van der Waals surface area contributed by atoms with Gasteiger partial charge in [-0.25, -0.2) is 9.18 Å². The quantitative estimate of drug-likeness (QED) is 0.858. The van der Waals surface area contributed by atoms with Crippen LogP contribution in [0, 0.1) is 5.82 Å². The molecule has 0 aliphatic heterocycles. The Bertz CT molecular complexity index is 506. The standard InChI is InChI=1S/C17H24FNO3/c1-5-14(20)10-11-15(12-6-8-13(18)9-7-12)19-16(21)22-17(2,3)4/h6-9,15H,5,10-11H2,1-4H3,(H,19,21)/t15-/m1/s1. The molecule has 0 aliphatic carbocycles. The summed E-state index contributed by atoms with van der Waals surface area (Å²) in [5.41, 5.74) is 0.146. The molecule has 1 amide bonds. The average molecular weight is 309 g/mol. The number of amides is 1. The summed E-state index contributed by atoms with van der Waals surface area (Å²) in [4.78, 5) is 23.4. The monoisotopic (exact) mass is 309 g/mol. The van der Waals surface area contributed by atoms with Gasteiger partial charge in [0.2, 0.25) is 0 Å². The van der Waals surface area contributed by atoms with E-state index < -0.39 is 11.7 Å². The molecule has 1 rings (SSSR count). The first-order chi connectivity index (χ1) is 10.2. The molecule has 0 aromatic heterocycles. The Labute approximate surface area is 131 Å². The summed E-state index contributed by atoms with van der Waals surface area (Å²) >= 11 is 0. The van der Waals surface area contributed by atoms with Crippen LogP contribution in [0.1, 0.15) is 58.6 Å². The van der Waals surface area contributed by atoms with E-state index in [1.165, 1.54) is 12.1 Å². The Morgan fingerprint density at radius 3 is 2.32 bits per heavy atom. The zero-order valence-corrected chi connectivity index (χ0v) is 13.6. The maximum Gasteiger partial charge on any atom is 0.408 e. The number of Topliss-reactive ketones (excluding diaryl/α,β-unsaturated/α-hetero) is 1. The molecule has 22 heavy (non-hydrogen) atoms. The van der Waals surface area contributed by atoms with Gasteiger partial charge in [-0.3, -0.25) is 4.79 Å². The van der Waals surface area contributed by atoms with Gasteiger partial charge >= 0.3 is 6.09 Å². The van der Waals surface area contributed by atoms with Crippen LogP contribution in [0.4, 0.5) is 9.18 Å². The molecule has 1 aromatic rings. The van der Waals surface area contributed by atoms with Gasteiger partial charge in [-0.05, 0) is 44.9 Å². The van der Waals surface area contributed by atoms with Crippen molar-refractivity contribution in [3.8, 4) is 0 Å². The predicted octanol–water partition coefficient (Wildman–Crippen LogP) is 4.15. The van der Waals surface area contributed by atoms with Crippen LogP contribution in [0.15, 0.2) is 24.3 Å². The third kappa shape index (κ3) is 6.70. The van der Waals surface area contributed by atoms with E-state index in [0.29, 0.717) is 19.3 Å². The molecule has 0 spiro atoms. The van der Waals surface area contributed by atoms with E-state index in [-0.39, 0.29) is 17.6 Å². The Hall–Kier alpha value is -1.91. The van der Waals surface area contributed by atoms with Gasteiger partial charge in [0.15, 0.2) is 0 Å². The number of carbonyl (C=O) groups excluding carboxylic acids is 2. The Balaban J connectivity index is 2.79. The Morgan fingerprint density at radius 1 is 1.23 bits per heavy atom. The van der Waals surface area contributed by atoms with Crippen molar-refractivity contribution in [2.24, 2.45) is 0 Å². The molecule has 0 fully saturated rings. The normalized spacial score (nSPS) is 12.6. The van der Waals surface area contributed by atoms with Crippen molar-refractivity contribution in [2.45, 2.75) is 58.6 Å². The van der Waals surface area contributed by atoms with Crippen molar-refractivity contribution in [2.75, 3.05) is 0 Å². The van der Waals surface area contributed by atoms with E-state index in [0.717, 1.165) is 5.56 Å². The van der Waals surface area contributed by atoms with E-state index in [1.54, 1.807) is 39.8 Å². The summed E-state index contributed by atoms with van der Waals surface area (Å²) in [6.07, 6.45) is 0.722. The fourth-order valence-corrected chi connectivity index (χ4v) is 1.95. The molecular weight excluding hydrogens is 285 g/mol. The highest BCUT2D eigenvalue weighted by atomic mass is 19.1. The number of hydrogen-bond donors (Lipinski definition) is 1. The molecule has 0 unspecified atom stereocenters. The molecule has 0 heterocycles. The van der Waals surface area contributed by atoms with E-state index in [2.05, 4.69) is 5.32 Å². The van der Waals surface area contributed by atoms with Crippen molar-refractivity contribution < 1.29 is 18.7 Å². The van der Waals surface area contributed by atoms with Gasteiger partial charge in [-0.2, -0.15) is 0 Å². The van der Waals surface area contributed by atoms with E-state index in [9.17, 15) is 14.0 Å². The lowest BCUT2D eigenvalue weighted by Crippen LogP contribution is -2.35. The molecule has 4 nitrogen and oxygen atoms in total. The van der Waals surface area contributed by atoms with Gasteiger partial charge in [0.25, 0.3) is 0 Å². The Morgan fingerprint density at radius 2 is 1.82 bits per heavy atom. The van der Waals surface area contributed by atoms with Gasteiger partial charge in [0.1, 0.15) is 17.2 Å². The molecule has 0 saturated carbocycles. The number of alkyl carbamates (subject to hydrolysis) is 1. The van der Waals surface area contributed by atoms with E-state index in [1.807, 2.05) is 0 Å². The summed E-state index contributed by atoms with van der Waals surface area (Å²) in [6, 6.07) is 5.49. The Kier molecular flexibility index (Phi) is 6.53. The summed E-state index contributed by atoms with van der Waals surface area (Å²) in [7, 11) is 0. The van der Waals surface area contributed by atoms with Crippen LogP contribution >= 0.6 is 0 Å². The molecule has 122 valence electrons. The summed E-state index contributed by atoms with van der Waals surface area (Å²) in [6.45, 7) is 7.14. The highest BCUT2D eigenvalue weighted by Gasteiger charge is 2.21. The molecule has 1 atom stereocenters. The number of benzene rings is 1. The second-order valence-electron chi connectivity index (χ2n) is 6.18. The van der Waals surface area contributed by atoms with Gasteiger partial charge < -0.3 is 10.1 Å². The molecular formula is C17H24FNO3. The summed E-state index contributed by atoms with van der Waals surface area (Å²) in [5, 5.41) is 2.75. The van der Waals surface area contributed by atoms with Crippen LogP contribution in [0.2, 0.25) is 0 Å². The average Bonchev–Trinajstić information content (AvgIpc) is 2.42. The molecule has 0 saturated heterocycles. The predicted molar refractivity (Wildman–Crippen MR) is 83.0 cm³/mol. The van der Waals surface area contributed by atoms with Crippen LogP contribution in [0.5, 0.6) is 0 Å². The first-order valence-electron chi connectivity index (χ1n) is 7.48. The first-order valence-corrected chi connectivity index (χ1v) is 7.48. The fourth-order valence-electron chi connectivity index (χ4n) is 1.95. The number of ether oxygens (including phenoxy) is 1. The molecule has 0 bridgehead atoms. The van der Waals surface area contributed by atoms with Crippen molar-refractivity contribution in [1.82, 2.24) is 5.32 Å². The van der Waals surface area contributed by atoms with Crippen LogP contribution in [0.3, 0.4) is 0 Å². The maximum atomic E-state index is 13.0. The largest absolute Gasteiger partial charge is 0.444 e. The second-order valence-corrected chi connectivity index (χ2v) is 6.18. The number of halogens is 1. The minimum atomic E-state index is -0.601.